The molecule has 0 radical (unpaired) electrons. The number of thioether (sulfide) groups is 1. The Labute approximate surface area is 135 Å². The van der Waals surface area contributed by atoms with Crippen molar-refractivity contribution < 1.29 is 0 Å². The first-order valence-electron chi connectivity index (χ1n) is 6.05. The summed E-state index contributed by atoms with van der Waals surface area (Å²) in [5, 5.41) is 6.42. The van der Waals surface area contributed by atoms with Crippen LogP contribution in [-0.4, -0.2) is 12.3 Å². The molecule has 1 unspecified atom stereocenters. The summed E-state index contributed by atoms with van der Waals surface area (Å²) < 4.78 is 1.12. The lowest BCUT2D eigenvalue weighted by Gasteiger charge is -2.16. The highest BCUT2D eigenvalue weighted by molar-refractivity contribution is 9.10. The van der Waals surface area contributed by atoms with Crippen molar-refractivity contribution in [2.75, 3.05) is 12.3 Å². The summed E-state index contributed by atoms with van der Waals surface area (Å²) in [4.78, 5) is 2.50. The van der Waals surface area contributed by atoms with Crippen molar-refractivity contribution in [2.45, 2.75) is 17.9 Å². The molecule has 0 amide bonds. The first-order chi connectivity index (χ1) is 9.20. The van der Waals surface area contributed by atoms with Crippen LogP contribution >= 0.6 is 50.6 Å². The van der Waals surface area contributed by atoms with Crippen molar-refractivity contribution in [2.24, 2.45) is 0 Å². The Balaban J connectivity index is 2.04. The van der Waals surface area contributed by atoms with Gasteiger partial charge >= 0.3 is 0 Å². The smallest absolute Gasteiger partial charge is 0.0561 e. The van der Waals surface area contributed by atoms with Gasteiger partial charge in [-0.2, -0.15) is 0 Å². The molecule has 0 fully saturated rings. The molecule has 0 saturated carbocycles. The highest BCUT2D eigenvalue weighted by atomic mass is 79.9. The normalized spacial score (nSPS) is 12.6. The van der Waals surface area contributed by atoms with Crippen LogP contribution in [0.2, 0.25) is 5.02 Å². The van der Waals surface area contributed by atoms with Gasteiger partial charge in [-0.1, -0.05) is 40.5 Å². The van der Waals surface area contributed by atoms with Crippen LogP contribution in [0.15, 0.2) is 45.1 Å². The van der Waals surface area contributed by atoms with Gasteiger partial charge in [0, 0.05) is 20.0 Å². The molecule has 1 N–H and O–H groups in total. The van der Waals surface area contributed by atoms with Crippen LogP contribution in [-0.2, 0) is 0 Å². The zero-order valence-electron chi connectivity index (χ0n) is 10.5. The monoisotopic (exact) mass is 375 g/mol. The summed E-state index contributed by atoms with van der Waals surface area (Å²) in [5.41, 5.74) is 0. The molecule has 0 aliphatic rings. The van der Waals surface area contributed by atoms with E-state index in [9.17, 15) is 0 Å². The molecule has 1 aromatic heterocycles. The molecule has 0 aliphatic heterocycles. The van der Waals surface area contributed by atoms with Crippen LogP contribution in [0.3, 0.4) is 0 Å². The second kappa shape index (κ2) is 7.70. The van der Waals surface area contributed by atoms with Crippen LogP contribution < -0.4 is 5.32 Å². The van der Waals surface area contributed by atoms with Crippen molar-refractivity contribution >= 4 is 50.6 Å². The van der Waals surface area contributed by atoms with Gasteiger partial charge in [0.1, 0.15) is 0 Å². The maximum atomic E-state index is 6.23. The number of benzene rings is 1. The third kappa shape index (κ3) is 4.50. The largest absolute Gasteiger partial charge is 0.309 e. The van der Waals surface area contributed by atoms with E-state index in [1.807, 2.05) is 29.3 Å². The van der Waals surface area contributed by atoms with Crippen LogP contribution in [0.5, 0.6) is 0 Å². The highest BCUT2D eigenvalue weighted by Gasteiger charge is 2.15. The van der Waals surface area contributed by atoms with Gasteiger partial charge < -0.3 is 5.32 Å². The van der Waals surface area contributed by atoms with Gasteiger partial charge in [-0.3, -0.25) is 0 Å². The number of nitrogens with one attached hydrogen (secondary N) is 1. The zero-order valence-corrected chi connectivity index (χ0v) is 14.5. The predicted octanol–water partition coefficient (Wildman–Crippen LogP) is 5.61. The van der Waals surface area contributed by atoms with E-state index in [0.29, 0.717) is 6.04 Å². The Hall–Kier alpha value is -0.0000000000000000555. The van der Waals surface area contributed by atoms with Gasteiger partial charge in [-0.15, -0.1) is 23.1 Å². The van der Waals surface area contributed by atoms with Crippen molar-refractivity contribution in [3.8, 4) is 0 Å². The van der Waals surface area contributed by atoms with Crippen molar-refractivity contribution in [1.82, 2.24) is 5.32 Å². The Bertz CT molecular complexity index is 530. The van der Waals surface area contributed by atoms with Gasteiger partial charge in [-0.05, 0) is 36.2 Å². The lowest BCUT2D eigenvalue weighted by Crippen LogP contribution is -2.22. The Morgan fingerprint density at radius 3 is 2.89 bits per heavy atom. The molecule has 0 saturated heterocycles. The maximum absolute atomic E-state index is 6.23. The number of thiophene rings is 1. The minimum atomic E-state index is 0.307. The van der Waals surface area contributed by atoms with Crippen molar-refractivity contribution in [3.05, 3.63) is 50.1 Å². The quantitative estimate of drug-likeness (QED) is 0.658. The molecule has 1 heterocycles. The number of rotatable bonds is 6. The fraction of sp³-hybridized carbons (Fsp3) is 0.286. The Kier molecular flexibility index (Phi) is 6.23. The second-order valence-corrected chi connectivity index (χ2v) is 7.38. The molecule has 1 aromatic carbocycles. The SMILES string of the molecule is CCNC(CSc1cccc(Br)c1)c1sccc1Cl. The number of hydrogen-bond donors (Lipinski definition) is 1. The van der Waals surface area contributed by atoms with Crippen molar-refractivity contribution in [3.63, 3.8) is 0 Å². The summed E-state index contributed by atoms with van der Waals surface area (Å²) in [5.74, 6) is 0.977. The summed E-state index contributed by atoms with van der Waals surface area (Å²) in [6.07, 6.45) is 0. The maximum Gasteiger partial charge on any atom is 0.0561 e. The lowest BCUT2D eigenvalue weighted by atomic mass is 10.3. The third-order valence-electron chi connectivity index (χ3n) is 2.62. The molecule has 0 aliphatic carbocycles. The molecule has 1 atom stereocenters. The highest BCUT2D eigenvalue weighted by Crippen LogP contribution is 2.33. The molecule has 2 rings (SSSR count). The molecule has 5 heteroatoms. The molecular formula is C14H15BrClNS2. The van der Waals surface area contributed by atoms with E-state index in [0.717, 1.165) is 21.8 Å². The first kappa shape index (κ1) is 15.4. The van der Waals surface area contributed by atoms with E-state index < -0.39 is 0 Å². The Morgan fingerprint density at radius 2 is 2.26 bits per heavy atom. The second-order valence-electron chi connectivity index (χ2n) is 4.01. The minimum absolute atomic E-state index is 0.307. The molecule has 19 heavy (non-hydrogen) atoms. The summed E-state index contributed by atoms with van der Waals surface area (Å²) in [6.45, 7) is 3.07. The molecule has 1 nitrogen and oxygen atoms in total. The fourth-order valence-electron chi connectivity index (χ4n) is 1.76. The predicted molar refractivity (Wildman–Crippen MR) is 90.6 cm³/mol. The van der Waals surface area contributed by atoms with E-state index >= 15 is 0 Å². The molecule has 0 spiro atoms. The minimum Gasteiger partial charge on any atom is -0.309 e. The van der Waals surface area contributed by atoms with E-state index in [1.165, 1.54) is 9.77 Å². The number of hydrogen-bond acceptors (Lipinski definition) is 3. The standard InChI is InChI=1S/C14H15BrClNS2/c1-2-17-13(14-12(16)6-7-18-14)9-19-11-5-3-4-10(15)8-11/h3-8,13,17H,2,9H2,1H3. The lowest BCUT2D eigenvalue weighted by molar-refractivity contribution is 0.615. The third-order valence-corrected chi connectivity index (χ3v) is 5.68. The van der Waals surface area contributed by atoms with Gasteiger partial charge in [0.05, 0.1) is 11.1 Å². The van der Waals surface area contributed by atoms with Gasteiger partial charge in [0.2, 0.25) is 0 Å². The van der Waals surface area contributed by atoms with Gasteiger partial charge in [-0.25, -0.2) is 0 Å². The van der Waals surface area contributed by atoms with Gasteiger partial charge in [0.15, 0.2) is 0 Å². The zero-order chi connectivity index (χ0) is 13.7. The van der Waals surface area contributed by atoms with Crippen LogP contribution in [0.4, 0.5) is 0 Å². The molecule has 102 valence electrons. The van der Waals surface area contributed by atoms with Gasteiger partial charge in [0.25, 0.3) is 0 Å². The van der Waals surface area contributed by atoms with Crippen LogP contribution in [0.1, 0.15) is 17.8 Å². The van der Waals surface area contributed by atoms with E-state index in [-0.39, 0.29) is 0 Å². The van der Waals surface area contributed by atoms with E-state index in [2.05, 4.69) is 46.4 Å². The fourth-order valence-corrected chi connectivity index (χ4v) is 4.71. The summed E-state index contributed by atoms with van der Waals surface area (Å²) >= 11 is 13.3. The first-order valence-corrected chi connectivity index (χ1v) is 9.09. The molecule has 2 aromatic rings. The summed E-state index contributed by atoms with van der Waals surface area (Å²) in [7, 11) is 0. The van der Waals surface area contributed by atoms with Crippen molar-refractivity contribution in [1.29, 1.82) is 0 Å². The van der Waals surface area contributed by atoms with E-state index in [4.69, 9.17) is 11.6 Å². The van der Waals surface area contributed by atoms with Crippen LogP contribution in [0.25, 0.3) is 0 Å². The Morgan fingerprint density at radius 1 is 1.42 bits per heavy atom. The van der Waals surface area contributed by atoms with Crippen LogP contribution in [0, 0.1) is 0 Å². The molecular weight excluding hydrogens is 362 g/mol. The average molecular weight is 377 g/mol. The number of halogens is 2. The summed E-state index contributed by atoms with van der Waals surface area (Å²) in [6, 6.07) is 10.7. The van der Waals surface area contributed by atoms with E-state index in [1.54, 1.807) is 11.3 Å². The molecule has 0 bridgehead atoms. The average Bonchev–Trinajstić information content (AvgIpc) is 2.81. The topological polar surface area (TPSA) is 12.0 Å².